The summed E-state index contributed by atoms with van der Waals surface area (Å²) in [7, 11) is 0. The highest BCUT2D eigenvalue weighted by molar-refractivity contribution is 8.01. The molecule has 9 heteroatoms. The summed E-state index contributed by atoms with van der Waals surface area (Å²) >= 11 is 2.60. The average molecular weight is 535 g/mol. The van der Waals surface area contributed by atoms with Crippen LogP contribution in [-0.2, 0) is 19.1 Å². The van der Waals surface area contributed by atoms with Crippen molar-refractivity contribution in [2.24, 2.45) is 0 Å². The van der Waals surface area contributed by atoms with E-state index in [0.29, 0.717) is 10.6 Å². The first-order chi connectivity index (χ1) is 17.9. The molecule has 1 N–H and O–H groups in total. The highest BCUT2D eigenvalue weighted by Crippen LogP contribution is 2.45. The molecule has 0 bridgehead atoms. The first-order valence-electron chi connectivity index (χ1n) is 11.9. The van der Waals surface area contributed by atoms with E-state index in [0.717, 1.165) is 11.1 Å². The lowest BCUT2D eigenvalue weighted by molar-refractivity contribution is -0.147. The molecule has 0 aliphatic carbocycles. The van der Waals surface area contributed by atoms with Crippen LogP contribution in [0.5, 0.6) is 0 Å². The number of hydrogen-bond donors (Lipinski definition) is 1. The van der Waals surface area contributed by atoms with E-state index >= 15 is 0 Å². The van der Waals surface area contributed by atoms with E-state index in [2.05, 4.69) is 0 Å². The van der Waals surface area contributed by atoms with Crippen LogP contribution in [0.25, 0.3) is 0 Å². The highest BCUT2D eigenvalue weighted by atomic mass is 32.2. The van der Waals surface area contributed by atoms with Crippen molar-refractivity contribution >= 4 is 45.9 Å². The van der Waals surface area contributed by atoms with Gasteiger partial charge in [0.05, 0.1) is 11.1 Å². The minimum atomic E-state index is -0.967. The molecule has 0 spiro atoms. The van der Waals surface area contributed by atoms with Gasteiger partial charge in [0.25, 0.3) is 5.91 Å². The number of nitrogens with zero attached hydrogens (tertiary/aromatic N) is 2. The number of β-lactam (4-membered cyclic amide) rings is 1. The van der Waals surface area contributed by atoms with E-state index < -0.39 is 34.8 Å². The zero-order valence-electron chi connectivity index (χ0n) is 20.3. The van der Waals surface area contributed by atoms with Crippen LogP contribution in [0.1, 0.15) is 31.1 Å². The number of esters is 1. The molecule has 4 atom stereocenters. The number of aliphatic hydroxyl groups excluding tert-OH is 1. The zero-order valence-corrected chi connectivity index (χ0v) is 21.9. The van der Waals surface area contributed by atoms with Crippen LogP contribution < -0.4 is 4.90 Å². The molecular formula is C28H26N2O5S2. The van der Waals surface area contributed by atoms with Crippen molar-refractivity contribution < 1.29 is 24.2 Å². The number of fused-ring (bicyclic) bond motifs is 1. The Morgan fingerprint density at radius 2 is 1.62 bits per heavy atom. The maximum atomic E-state index is 13.7. The summed E-state index contributed by atoms with van der Waals surface area (Å²) < 4.78 is 6.10. The summed E-state index contributed by atoms with van der Waals surface area (Å²) in [4.78, 5) is 42.3. The normalized spacial score (nSPS) is 21.5. The van der Waals surface area contributed by atoms with Gasteiger partial charge in [-0.1, -0.05) is 60.7 Å². The van der Waals surface area contributed by atoms with Gasteiger partial charge in [-0.15, -0.1) is 23.1 Å². The van der Waals surface area contributed by atoms with E-state index in [1.807, 2.05) is 72.1 Å². The lowest BCUT2D eigenvalue weighted by atomic mass is 10.0. The van der Waals surface area contributed by atoms with Crippen LogP contribution in [0.15, 0.2) is 89.9 Å². The Balaban J connectivity index is 1.45. The number of benzene rings is 2. The van der Waals surface area contributed by atoms with Crippen molar-refractivity contribution in [3.63, 3.8) is 0 Å². The minimum absolute atomic E-state index is 0.251. The fourth-order valence-corrected chi connectivity index (χ4v) is 6.96. The summed E-state index contributed by atoms with van der Waals surface area (Å²) in [6, 6.07) is 21.8. The highest BCUT2D eigenvalue weighted by Gasteiger charge is 2.56. The molecule has 2 amide bonds. The van der Waals surface area contributed by atoms with E-state index in [1.54, 1.807) is 19.2 Å². The Morgan fingerprint density at radius 1 is 1.00 bits per heavy atom. The lowest BCUT2D eigenvalue weighted by Crippen LogP contribution is -2.70. The molecule has 2 aliphatic heterocycles. The summed E-state index contributed by atoms with van der Waals surface area (Å²) in [5, 5.41) is 11.7. The van der Waals surface area contributed by atoms with Crippen LogP contribution in [0.2, 0.25) is 0 Å². The number of carbonyl (C=O) groups is 3. The van der Waals surface area contributed by atoms with Crippen LogP contribution in [0, 0.1) is 0 Å². The van der Waals surface area contributed by atoms with Gasteiger partial charge in [-0.25, -0.2) is 0 Å². The fraction of sp³-hybridized carbons (Fsp3) is 0.250. The summed E-state index contributed by atoms with van der Waals surface area (Å²) in [5.41, 5.74) is 2.04. The van der Waals surface area contributed by atoms with Crippen LogP contribution in [0.4, 0.5) is 5.00 Å². The topological polar surface area (TPSA) is 87.2 Å². The van der Waals surface area contributed by atoms with Gasteiger partial charge >= 0.3 is 5.97 Å². The zero-order chi connectivity index (χ0) is 26.1. The summed E-state index contributed by atoms with van der Waals surface area (Å²) in [6.45, 7) is 2.99. The van der Waals surface area contributed by atoms with E-state index in [9.17, 15) is 19.5 Å². The second kappa shape index (κ2) is 10.5. The molecule has 37 heavy (non-hydrogen) atoms. The Labute approximate surface area is 223 Å². The van der Waals surface area contributed by atoms with Gasteiger partial charge < -0.3 is 14.7 Å². The van der Waals surface area contributed by atoms with Crippen molar-refractivity contribution in [2.75, 3.05) is 4.90 Å². The molecule has 7 nitrogen and oxygen atoms in total. The van der Waals surface area contributed by atoms with Gasteiger partial charge in [0.2, 0.25) is 5.91 Å². The second-order valence-electron chi connectivity index (χ2n) is 8.88. The first kappa shape index (κ1) is 25.3. The molecule has 0 radical (unpaired) electrons. The first-order valence-corrected chi connectivity index (χ1v) is 13.7. The maximum absolute atomic E-state index is 13.7. The van der Waals surface area contributed by atoms with E-state index in [-0.39, 0.29) is 11.8 Å². The summed E-state index contributed by atoms with van der Waals surface area (Å²) in [5.74, 6) is -1.02. The van der Waals surface area contributed by atoms with Gasteiger partial charge in [-0.05, 0) is 41.1 Å². The predicted octanol–water partition coefficient (Wildman–Crippen LogP) is 4.35. The van der Waals surface area contributed by atoms with Crippen molar-refractivity contribution in [2.45, 2.75) is 42.7 Å². The quantitative estimate of drug-likeness (QED) is 0.358. The molecule has 1 saturated heterocycles. The monoisotopic (exact) mass is 534 g/mol. The Hall–Kier alpha value is -3.40. The van der Waals surface area contributed by atoms with Gasteiger partial charge in [-0.3, -0.25) is 19.3 Å². The Morgan fingerprint density at radius 3 is 2.14 bits per heavy atom. The maximum Gasteiger partial charge on any atom is 0.324 e. The van der Waals surface area contributed by atoms with Crippen molar-refractivity contribution in [1.82, 2.24) is 4.90 Å². The van der Waals surface area contributed by atoms with Crippen molar-refractivity contribution in [3.05, 3.63) is 101 Å². The smallest absolute Gasteiger partial charge is 0.324 e. The Bertz CT molecular complexity index is 1270. The fourth-order valence-electron chi connectivity index (χ4n) is 4.61. The molecule has 190 valence electrons. The van der Waals surface area contributed by atoms with Crippen molar-refractivity contribution in [3.8, 4) is 0 Å². The van der Waals surface area contributed by atoms with Gasteiger partial charge in [0, 0.05) is 13.1 Å². The molecular weight excluding hydrogens is 508 g/mol. The number of rotatable bonds is 7. The third-order valence-corrected chi connectivity index (χ3v) is 8.78. The number of thiophene rings is 1. The molecule has 3 unspecified atom stereocenters. The van der Waals surface area contributed by atoms with Gasteiger partial charge in [0.1, 0.15) is 16.7 Å². The molecule has 3 heterocycles. The van der Waals surface area contributed by atoms with Gasteiger partial charge in [0.15, 0.2) is 6.10 Å². The molecule has 3 aromatic rings. The average Bonchev–Trinajstić information content (AvgIpc) is 3.44. The second-order valence-corrected chi connectivity index (χ2v) is 11.0. The van der Waals surface area contributed by atoms with E-state index in [4.69, 9.17) is 4.74 Å². The van der Waals surface area contributed by atoms with Gasteiger partial charge in [-0.2, -0.15) is 0 Å². The lowest BCUT2D eigenvalue weighted by Gasteiger charge is -2.52. The third-order valence-electron chi connectivity index (χ3n) is 6.41. The summed E-state index contributed by atoms with van der Waals surface area (Å²) in [6.07, 6.45) is -0.0583. The largest absolute Gasteiger partial charge is 0.451 e. The molecule has 2 aromatic carbocycles. The third kappa shape index (κ3) is 4.82. The number of carbonyl (C=O) groups excluding carboxylic acids is 3. The number of ether oxygens (including phenoxy) is 1. The van der Waals surface area contributed by atoms with Crippen LogP contribution >= 0.6 is 23.1 Å². The van der Waals surface area contributed by atoms with Crippen molar-refractivity contribution in [1.29, 1.82) is 0 Å². The molecule has 1 fully saturated rings. The SMILES string of the molecule is CC(=O)N(c1cccs1)C1C(=O)N2C=C(C(C)O)C(C(=O)OC(c3ccccc3)c3ccccc3)S[C@H]12. The predicted molar refractivity (Wildman–Crippen MR) is 144 cm³/mol. The molecule has 1 aromatic heterocycles. The number of hydrogen-bond acceptors (Lipinski definition) is 7. The van der Waals surface area contributed by atoms with Crippen LogP contribution in [-0.4, -0.2) is 50.6 Å². The van der Waals surface area contributed by atoms with E-state index in [1.165, 1.54) is 39.8 Å². The standard InChI is InChI=1S/C28H26N2O5S2/c1-17(31)21-16-29-26(33)23(30(18(2)32)22-14-9-15-36-22)27(29)37-25(21)28(34)35-24(19-10-5-3-6-11-19)20-12-7-4-8-13-20/h3-17,23-25,27,31H,1-2H3/t17?,23?,25?,27-/m1/s1. The Kier molecular flexibility index (Phi) is 7.19. The minimum Gasteiger partial charge on any atom is -0.451 e. The number of amides is 2. The number of aliphatic hydroxyl groups is 1. The molecule has 0 saturated carbocycles. The van der Waals surface area contributed by atoms with Crippen LogP contribution in [0.3, 0.4) is 0 Å². The number of anilines is 1. The molecule has 2 aliphatic rings. The number of thioether (sulfide) groups is 1. The molecule has 5 rings (SSSR count).